The molecule has 0 heterocycles. The minimum atomic E-state index is -0.571. The van der Waals surface area contributed by atoms with Gasteiger partial charge in [-0.25, -0.2) is 0 Å². The number of para-hydroxylation sites is 1. The van der Waals surface area contributed by atoms with Crippen molar-refractivity contribution in [2.45, 2.75) is 32.7 Å². The Balaban J connectivity index is 1.98. The van der Waals surface area contributed by atoms with Crippen molar-refractivity contribution in [3.8, 4) is 11.5 Å². The number of amides is 2. The summed E-state index contributed by atoms with van der Waals surface area (Å²) >= 11 is 0. The standard InChI is InChI=1S/C21H27N3O4/c1-4-15-7-5-6-8-17(15)24-21(26)11-14(2)23-16-9-10-18(27-3)19(12-16)28-13-20(22)25/h5-10,12,14,23H,4,11,13H2,1-3H3,(H2,22,25)(H,24,26). The van der Waals surface area contributed by atoms with Crippen LogP contribution < -0.4 is 25.8 Å². The second-order valence-corrected chi connectivity index (χ2v) is 6.43. The lowest BCUT2D eigenvalue weighted by molar-refractivity contribution is -0.120. The Morgan fingerprint density at radius 2 is 1.89 bits per heavy atom. The van der Waals surface area contributed by atoms with Crippen LogP contribution in [0.4, 0.5) is 11.4 Å². The Hall–Kier alpha value is -3.22. The fourth-order valence-corrected chi connectivity index (χ4v) is 2.79. The molecule has 4 N–H and O–H groups in total. The molecule has 0 saturated carbocycles. The highest BCUT2D eigenvalue weighted by Crippen LogP contribution is 2.30. The molecule has 0 aliphatic carbocycles. The predicted octanol–water partition coefficient (Wildman–Crippen LogP) is 2.95. The number of hydrogen-bond acceptors (Lipinski definition) is 5. The van der Waals surface area contributed by atoms with Crippen LogP contribution in [0.15, 0.2) is 42.5 Å². The maximum Gasteiger partial charge on any atom is 0.255 e. The molecule has 2 aromatic carbocycles. The lowest BCUT2D eigenvalue weighted by Crippen LogP contribution is -2.24. The largest absolute Gasteiger partial charge is 0.493 e. The monoisotopic (exact) mass is 385 g/mol. The molecule has 2 amide bonds. The van der Waals surface area contributed by atoms with E-state index in [9.17, 15) is 9.59 Å². The van der Waals surface area contributed by atoms with Crippen LogP contribution in [-0.2, 0) is 16.0 Å². The van der Waals surface area contributed by atoms with E-state index < -0.39 is 5.91 Å². The fourth-order valence-electron chi connectivity index (χ4n) is 2.79. The summed E-state index contributed by atoms with van der Waals surface area (Å²) in [5.41, 5.74) is 7.81. The van der Waals surface area contributed by atoms with Crippen LogP contribution in [-0.4, -0.2) is 31.6 Å². The molecule has 7 nitrogen and oxygen atoms in total. The van der Waals surface area contributed by atoms with Gasteiger partial charge < -0.3 is 25.8 Å². The Labute approximate surface area is 165 Å². The zero-order chi connectivity index (χ0) is 20.5. The number of methoxy groups -OCH3 is 1. The summed E-state index contributed by atoms with van der Waals surface area (Å²) in [5.74, 6) is 0.255. The van der Waals surface area contributed by atoms with Gasteiger partial charge in [0.15, 0.2) is 18.1 Å². The van der Waals surface area contributed by atoms with Crippen LogP contribution in [0.1, 0.15) is 25.8 Å². The summed E-state index contributed by atoms with van der Waals surface area (Å²) in [4.78, 5) is 23.3. The Morgan fingerprint density at radius 3 is 2.57 bits per heavy atom. The van der Waals surface area contributed by atoms with E-state index in [1.807, 2.05) is 37.3 Å². The average Bonchev–Trinajstić information content (AvgIpc) is 2.66. The Bertz CT molecular complexity index is 823. The average molecular weight is 385 g/mol. The molecule has 28 heavy (non-hydrogen) atoms. The van der Waals surface area contributed by atoms with Crippen molar-refractivity contribution in [1.29, 1.82) is 0 Å². The van der Waals surface area contributed by atoms with Gasteiger partial charge >= 0.3 is 0 Å². The molecule has 0 aromatic heterocycles. The van der Waals surface area contributed by atoms with Crippen molar-refractivity contribution in [3.05, 3.63) is 48.0 Å². The van der Waals surface area contributed by atoms with E-state index in [2.05, 4.69) is 17.6 Å². The van der Waals surface area contributed by atoms with E-state index in [-0.39, 0.29) is 18.6 Å². The third-order valence-electron chi connectivity index (χ3n) is 4.11. The van der Waals surface area contributed by atoms with Gasteiger partial charge in [0.1, 0.15) is 0 Å². The van der Waals surface area contributed by atoms with Gasteiger partial charge in [-0.1, -0.05) is 25.1 Å². The third kappa shape index (κ3) is 6.19. The number of hydrogen-bond donors (Lipinski definition) is 3. The molecule has 1 atom stereocenters. The smallest absolute Gasteiger partial charge is 0.255 e. The highest BCUT2D eigenvalue weighted by Gasteiger charge is 2.13. The van der Waals surface area contributed by atoms with Crippen LogP contribution in [0.3, 0.4) is 0 Å². The molecule has 0 spiro atoms. The number of carbonyl (C=O) groups excluding carboxylic acids is 2. The van der Waals surface area contributed by atoms with Gasteiger partial charge in [0.2, 0.25) is 5.91 Å². The summed E-state index contributed by atoms with van der Waals surface area (Å²) in [6.07, 6.45) is 1.14. The summed E-state index contributed by atoms with van der Waals surface area (Å²) in [6.45, 7) is 3.73. The van der Waals surface area contributed by atoms with Crippen molar-refractivity contribution in [1.82, 2.24) is 0 Å². The molecule has 0 aliphatic rings. The van der Waals surface area contributed by atoms with E-state index in [0.717, 1.165) is 23.4 Å². The number of anilines is 2. The van der Waals surface area contributed by atoms with Crippen molar-refractivity contribution < 1.29 is 19.1 Å². The number of primary amides is 1. The van der Waals surface area contributed by atoms with Gasteiger partial charge in [-0.05, 0) is 37.1 Å². The molecule has 0 radical (unpaired) electrons. The maximum absolute atomic E-state index is 12.4. The number of aryl methyl sites for hydroxylation is 1. The van der Waals surface area contributed by atoms with Crippen LogP contribution >= 0.6 is 0 Å². The summed E-state index contributed by atoms with van der Waals surface area (Å²) < 4.78 is 10.6. The summed E-state index contributed by atoms with van der Waals surface area (Å²) in [5, 5.41) is 6.22. The van der Waals surface area contributed by atoms with E-state index in [1.165, 1.54) is 7.11 Å². The molecule has 2 rings (SSSR count). The van der Waals surface area contributed by atoms with E-state index in [4.69, 9.17) is 15.2 Å². The Kier molecular flexibility index (Phi) is 7.68. The predicted molar refractivity (Wildman–Crippen MR) is 110 cm³/mol. The van der Waals surface area contributed by atoms with Crippen molar-refractivity contribution >= 4 is 23.2 Å². The van der Waals surface area contributed by atoms with Crippen molar-refractivity contribution in [2.75, 3.05) is 24.4 Å². The highest BCUT2D eigenvalue weighted by molar-refractivity contribution is 5.92. The van der Waals surface area contributed by atoms with Gasteiger partial charge in [-0.15, -0.1) is 0 Å². The topological polar surface area (TPSA) is 103 Å². The number of ether oxygens (including phenoxy) is 2. The van der Waals surface area contributed by atoms with Crippen LogP contribution in [0.25, 0.3) is 0 Å². The normalized spacial score (nSPS) is 11.4. The Morgan fingerprint density at radius 1 is 1.14 bits per heavy atom. The molecule has 2 aromatic rings. The molecule has 0 saturated heterocycles. The molecule has 0 aliphatic heterocycles. The van der Waals surface area contributed by atoms with Crippen LogP contribution in [0.5, 0.6) is 11.5 Å². The maximum atomic E-state index is 12.4. The second kappa shape index (κ2) is 10.2. The van der Waals surface area contributed by atoms with Crippen LogP contribution in [0.2, 0.25) is 0 Å². The molecule has 0 bridgehead atoms. The van der Waals surface area contributed by atoms with E-state index >= 15 is 0 Å². The van der Waals surface area contributed by atoms with Gasteiger partial charge in [-0.3, -0.25) is 9.59 Å². The quantitative estimate of drug-likeness (QED) is 0.583. The highest BCUT2D eigenvalue weighted by atomic mass is 16.5. The number of carbonyl (C=O) groups is 2. The first-order chi connectivity index (χ1) is 13.4. The molecule has 7 heteroatoms. The fraction of sp³-hybridized carbons (Fsp3) is 0.333. The van der Waals surface area contributed by atoms with Gasteiger partial charge in [0, 0.05) is 29.9 Å². The molecular weight excluding hydrogens is 358 g/mol. The third-order valence-corrected chi connectivity index (χ3v) is 4.11. The van der Waals surface area contributed by atoms with Crippen molar-refractivity contribution in [2.24, 2.45) is 5.73 Å². The molecular formula is C21H27N3O4. The summed E-state index contributed by atoms with van der Waals surface area (Å²) in [7, 11) is 1.51. The summed E-state index contributed by atoms with van der Waals surface area (Å²) in [6, 6.07) is 12.9. The SMILES string of the molecule is CCc1ccccc1NC(=O)CC(C)Nc1ccc(OC)c(OCC(N)=O)c1. The van der Waals surface area contributed by atoms with Crippen molar-refractivity contribution in [3.63, 3.8) is 0 Å². The number of benzene rings is 2. The minimum absolute atomic E-state index is 0.0698. The van der Waals surface area contributed by atoms with E-state index in [1.54, 1.807) is 12.1 Å². The zero-order valence-electron chi connectivity index (χ0n) is 16.5. The number of rotatable bonds is 10. The minimum Gasteiger partial charge on any atom is -0.493 e. The number of nitrogens with two attached hydrogens (primary N) is 1. The van der Waals surface area contributed by atoms with Gasteiger partial charge in [0.05, 0.1) is 7.11 Å². The molecule has 1 unspecified atom stereocenters. The molecule has 150 valence electrons. The van der Waals surface area contributed by atoms with E-state index in [0.29, 0.717) is 17.9 Å². The number of nitrogens with one attached hydrogen (secondary N) is 2. The lowest BCUT2D eigenvalue weighted by Gasteiger charge is -2.17. The lowest BCUT2D eigenvalue weighted by atomic mass is 10.1. The first kappa shape index (κ1) is 21.1. The van der Waals surface area contributed by atoms with Gasteiger partial charge in [-0.2, -0.15) is 0 Å². The first-order valence-corrected chi connectivity index (χ1v) is 9.16. The second-order valence-electron chi connectivity index (χ2n) is 6.43. The zero-order valence-corrected chi connectivity index (χ0v) is 16.5. The van der Waals surface area contributed by atoms with Gasteiger partial charge in [0.25, 0.3) is 5.91 Å². The molecule has 0 fully saturated rings. The first-order valence-electron chi connectivity index (χ1n) is 9.16. The van der Waals surface area contributed by atoms with Crippen LogP contribution in [0, 0.1) is 0 Å².